The van der Waals surface area contributed by atoms with E-state index >= 15 is 0 Å². The van der Waals surface area contributed by atoms with Crippen LogP contribution in [-0.4, -0.2) is 162 Å². The number of likely N-dealkylation sites (N-methyl/N-ethyl adjacent to an activating group) is 2. The van der Waals surface area contributed by atoms with Crippen LogP contribution in [-0.2, 0) is 19.4 Å². The zero-order valence-electron chi connectivity index (χ0n) is 47.7. The maximum absolute atomic E-state index is 13.0. The summed E-state index contributed by atoms with van der Waals surface area (Å²) in [6.45, 7) is 0.586. The molecule has 0 saturated heterocycles. The summed E-state index contributed by atoms with van der Waals surface area (Å²) in [6.07, 6.45) is -8.99. The number of fused-ring (bicyclic) bond motifs is 2. The Kier molecular flexibility index (Phi) is 22.1. The maximum Gasteiger partial charge on any atom is 0.393 e. The quantitative estimate of drug-likeness (QED) is 0.0462. The summed E-state index contributed by atoms with van der Waals surface area (Å²) in [6, 6.07) is 20.9. The molecule has 462 valence electrons. The molecule has 0 radical (unpaired) electrons. The van der Waals surface area contributed by atoms with Crippen LogP contribution in [0.25, 0.3) is 42.9 Å². The van der Waals surface area contributed by atoms with Crippen molar-refractivity contribution in [2.24, 2.45) is 5.73 Å². The normalized spacial score (nSPS) is 18.2. The Balaban J connectivity index is 0.000000203. The minimum Gasteiger partial charge on any atom is -0.491 e. The van der Waals surface area contributed by atoms with E-state index in [1.807, 2.05) is 29.2 Å². The van der Waals surface area contributed by atoms with E-state index in [9.17, 15) is 41.4 Å². The molecule has 6 heterocycles. The van der Waals surface area contributed by atoms with Crippen molar-refractivity contribution in [2.75, 3.05) is 66.6 Å². The molecule has 2 saturated carbocycles. The summed E-state index contributed by atoms with van der Waals surface area (Å²) in [5.41, 5.74) is 10.6. The number of aromatic nitrogens is 8. The van der Waals surface area contributed by atoms with Gasteiger partial charge in [-0.1, -0.05) is 48.5 Å². The van der Waals surface area contributed by atoms with Crippen molar-refractivity contribution in [2.45, 2.75) is 93.8 Å². The van der Waals surface area contributed by atoms with Crippen molar-refractivity contribution in [3.63, 3.8) is 0 Å². The SMILES string of the molecule is COc1cc(-c2ccc(C=O)cc2)nnc1OC.COc1nc(N(C)[C@H]2C[C@@H](N)C[C@H]2O)c2cc(CC(F)(F)F)sc2n1.COc1nc(N(C)[C@H]2C[C@@H](NCc3ccc(-c4cc(OC)c(OC)nn4)cc3)C[C@H]2O)c2cc(CC(F)(F)F)sc2n1.Cl. The number of ether oxygens (including phenoxy) is 6. The number of carbonyl (C=O) groups excluding carboxylic acids is 1. The summed E-state index contributed by atoms with van der Waals surface area (Å²) < 4.78 is 108. The summed E-state index contributed by atoms with van der Waals surface area (Å²) >= 11 is 1.93. The van der Waals surface area contributed by atoms with Crippen LogP contribution in [0, 0.1) is 0 Å². The number of benzene rings is 2. The van der Waals surface area contributed by atoms with Gasteiger partial charge in [-0.3, -0.25) is 4.79 Å². The lowest BCUT2D eigenvalue weighted by atomic mass is 10.1. The Hall–Kier alpha value is -7.54. The van der Waals surface area contributed by atoms with Crippen LogP contribution >= 0.6 is 35.1 Å². The molecular weight excluding hydrogens is 1200 g/mol. The molecule has 0 unspecified atom stereocenters. The molecule has 10 rings (SSSR count). The summed E-state index contributed by atoms with van der Waals surface area (Å²) in [7, 11) is 12.4. The molecule has 0 aliphatic heterocycles. The molecule has 21 nitrogen and oxygen atoms in total. The minimum absolute atomic E-state index is 0. The summed E-state index contributed by atoms with van der Waals surface area (Å²) in [5.74, 6) is 2.53. The number of halogens is 7. The first-order valence-corrected chi connectivity index (χ1v) is 27.9. The lowest BCUT2D eigenvalue weighted by Crippen LogP contribution is -2.38. The maximum atomic E-state index is 13.0. The topological polar surface area (TPSA) is 261 Å². The van der Waals surface area contributed by atoms with Crippen LogP contribution in [0.15, 0.2) is 72.8 Å². The predicted octanol–water partition coefficient (Wildman–Crippen LogP) is 8.88. The van der Waals surface area contributed by atoms with Crippen LogP contribution in [0.5, 0.6) is 35.3 Å². The Labute approximate surface area is 504 Å². The number of methoxy groups -OCH3 is 6. The number of nitrogens with zero attached hydrogens (tertiary/aromatic N) is 10. The van der Waals surface area contributed by atoms with Crippen molar-refractivity contribution in [3.05, 3.63) is 93.7 Å². The number of carbonyl (C=O) groups is 1. The van der Waals surface area contributed by atoms with E-state index in [1.165, 1.54) is 40.6 Å². The molecule has 0 amide bonds. The van der Waals surface area contributed by atoms with Gasteiger partial charge in [-0.15, -0.1) is 55.5 Å². The van der Waals surface area contributed by atoms with E-state index in [-0.39, 0.29) is 58.3 Å². The highest BCUT2D eigenvalue weighted by Crippen LogP contribution is 2.40. The molecule has 30 heteroatoms. The number of aliphatic hydroxyl groups is 2. The Morgan fingerprint density at radius 3 is 1.44 bits per heavy atom. The molecule has 6 aromatic heterocycles. The van der Waals surface area contributed by atoms with Gasteiger partial charge in [0.15, 0.2) is 11.5 Å². The van der Waals surface area contributed by atoms with E-state index in [4.69, 9.17) is 34.2 Å². The Morgan fingerprint density at radius 2 is 1.05 bits per heavy atom. The van der Waals surface area contributed by atoms with Gasteiger partial charge in [0.05, 0.1) is 102 Å². The van der Waals surface area contributed by atoms with Crippen LogP contribution in [0.1, 0.15) is 51.4 Å². The van der Waals surface area contributed by atoms with E-state index in [1.54, 1.807) is 69.6 Å². The smallest absolute Gasteiger partial charge is 0.393 e. The molecule has 86 heavy (non-hydrogen) atoms. The molecule has 2 aliphatic carbocycles. The first-order valence-electron chi connectivity index (χ1n) is 26.2. The van der Waals surface area contributed by atoms with Crippen molar-refractivity contribution in [1.82, 2.24) is 45.6 Å². The third kappa shape index (κ3) is 16.3. The minimum atomic E-state index is -4.33. The van der Waals surface area contributed by atoms with Gasteiger partial charge in [0.25, 0.3) is 11.8 Å². The number of alkyl halides is 6. The molecule has 2 aromatic carbocycles. The van der Waals surface area contributed by atoms with Crippen molar-refractivity contribution < 1.29 is 69.8 Å². The molecule has 2 aliphatic rings. The fourth-order valence-corrected chi connectivity index (χ4v) is 12.0. The number of thiophene rings is 2. The van der Waals surface area contributed by atoms with Gasteiger partial charge in [-0.2, -0.15) is 46.3 Å². The highest BCUT2D eigenvalue weighted by molar-refractivity contribution is 7.19. The van der Waals surface area contributed by atoms with Gasteiger partial charge in [0, 0.05) is 71.3 Å². The van der Waals surface area contributed by atoms with Crippen LogP contribution in [0.2, 0.25) is 0 Å². The van der Waals surface area contributed by atoms with Gasteiger partial charge < -0.3 is 59.5 Å². The van der Waals surface area contributed by atoms with Gasteiger partial charge >= 0.3 is 24.4 Å². The van der Waals surface area contributed by atoms with E-state index in [0.29, 0.717) is 105 Å². The zero-order chi connectivity index (χ0) is 61.3. The standard InChI is InChI=1S/C28H31F3N6O4S.C15H19F3N4O2S.C13H12N2O3.ClH/c1-37(24-19-11-18(13-28(29,30)31)42-26(19)34-27(33-24)41-4)21-9-17(10-22(21)38)32-14-15-5-7-16(8-6-15)20-12-23(39-2)25(40-3)36-35-20;1-22(10-3-7(19)4-11(10)23)12-9-5-8(6-15(16,17)18)25-13(9)21-14(20-12)24-2;1-17-12-7-11(14-15-13(12)18-2)10-5-3-9(8-16)4-6-10;/h5-8,11-12,17,21-22,32,38H,9-10,13-14H2,1-4H3;5,7,10-11,23H,3-4,6,19H2,1-2H3;3-8H,1-2H3;1H/t17-,21+,22-;7-,10+,11-;;/m11../s1. The van der Waals surface area contributed by atoms with Gasteiger partial charge in [-0.25, -0.2) is 0 Å². The number of rotatable bonds is 18. The van der Waals surface area contributed by atoms with Gasteiger partial charge in [-0.05, 0) is 43.4 Å². The second-order valence-corrected chi connectivity index (χ2v) is 22.1. The third-order valence-electron chi connectivity index (χ3n) is 14.1. The van der Waals surface area contributed by atoms with Crippen LogP contribution in [0.3, 0.4) is 0 Å². The highest BCUT2D eigenvalue weighted by atomic mass is 35.5. The number of anilines is 2. The highest BCUT2D eigenvalue weighted by Gasteiger charge is 2.38. The number of aldehydes is 1. The molecule has 0 spiro atoms. The van der Waals surface area contributed by atoms with E-state index in [0.717, 1.165) is 45.7 Å². The van der Waals surface area contributed by atoms with E-state index in [2.05, 4.69) is 45.6 Å². The summed E-state index contributed by atoms with van der Waals surface area (Å²) in [5, 5.41) is 41.9. The molecular formula is C56H63ClF6N12O9S2. The molecule has 0 bridgehead atoms. The Bertz CT molecular complexity index is 3560. The number of hydrogen-bond donors (Lipinski definition) is 4. The first kappa shape index (κ1) is 66.0. The average molecular weight is 1260 g/mol. The molecule has 6 atom stereocenters. The van der Waals surface area contributed by atoms with Crippen LogP contribution < -0.4 is 49.3 Å². The number of nitrogens with two attached hydrogens (primary N) is 1. The second kappa shape index (κ2) is 28.8. The Morgan fingerprint density at radius 1 is 0.605 bits per heavy atom. The summed E-state index contributed by atoms with van der Waals surface area (Å²) in [4.78, 5) is 32.4. The van der Waals surface area contributed by atoms with Crippen LogP contribution in [0.4, 0.5) is 38.0 Å². The van der Waals surface area contributed by atoms with Crippen molar-refractivity contribution >= 4 is 73.4 Å². The lowest BCUT2D eigenvalue weighted by Gasteiger charge is -2.28. The third-order valence-corrected chi connectivity index (χ3v) is 16.1. The number of nitrogens with one attached hydrogen (secondary N) is 1. The average Bonchev–Trinajstić information content (AvgIpc) is 1.96. The van der Waals surface area contributed by atoms with E-state index < -0.39 is 37.4 Å². The van der Waals surface area contributed by atoms with Crippen molar-refractivity contribution in [3.8, 4) is 57.8 Å². The largest absolute Gasteiger partial charge is 0.491 e. The number of hydrogen-bond acceptors (Lipinski definition) is 23. The first-order chi connectivity index (χ1) is 40.5. The lowest BCUT2D eigenvalue weighted by molar-refractivity contribution is -0.127. The predicted molar refractivity (Wildman–Crippen MR) is 315 cm³/mol. The zero-order valence-corrected chi connectivity index (χ0v) is 50.2. The molecule has 2 fully saturated rings. The van der Waals surface area contributed by atoms with Crippen molar-refractivity contribution in [1.29, 1.82) is 0 Å². The molecule has 8 aromatic rings. The fraction of sp³-hybridized carbons (Fsp3) is 0.411. The monoisotopic (exact) mass is 1260 g/mol. The second-order valence-electron chi connectivity index (χ2n) is 19.8. The fourth-order valence-electron chi connectivity index (χ4n) is 9.87. The van der Waals surface area contributed by atoms with Gasteiger partial charge in [0.1, 0.15) is 27.6 Å². The van der Waals surface area contributed by atoms with Gasteiger partial charge in [0.2, 0.25) is 0 Å². The molecule has 5 N–H and O–H groups in total. The number of aliphatic hydroxyl groups excluding tert-OH is 2.